The lowest BCUT2D eigenvalue weighted by Crippen LogP contribution is -2.36. The molecule has 3 heterocycles. The average molecular weight is 378 g/mol. The molecule has 1 fully saturated rings. The molecule has 4 rings (SSSR count). The van der Waals surface area contributed by atoms with Gasteiger partial charge >= 0.3 is 0 Å². The van der Waals surface area contributed by atoms with E-state index >= 15 is 0 Å². The predicted octanol–water partition coefficient (Wildman–Crippen LogP) is 3.02. The summed E-state index contributed by atoms with van der Waals surface area (Å²) >= 11 is 0. The number of hydrogen-bond acceptors (Lipinski definition) is 4. The molecule has 2 N–H and O–H groups in total. The fraction of sp³-hybridized carbons (Fsp3) is 0.364. The standard InChI is InChI=1S/C22H26N4O2/c1-28-21-3-2-10-24-19(21)9-13-25-11-7-18(8-12-25)26-14-6-16-4-5-17(22(23)27)15-20(16)26/h2-6,10,14-15,18H,7-9,11-13H2,1H3,(H2,23,27). The lowest BCUT2D eigenvalue weighted by atomic mass is 10.0. The van der Waals surface area contributed by atoms with Crippen LogP contribution in [0.2, 0.25) is 0 Å². The van der Waals surface area contributed by atoms with Crippen molar-refractivity contribution in [2.45, 2.75) is 25.3 Å². The highest BCUT2D eigenvalue weighted by Gasteiger charge is 2.22. The first-order valence-electron chi connectivity index (χ1n) is 9.76. The summed E-state index contributed by atoms with van der Waals surface area (Å²) < 4.78 is 7.71. The summed E-state index contributed by atoms with van der Waals surface area (Å²) in [5, 5.41) is 1.15. The molecular weight excluding hydrogens is 352 g/mol. The molecule has 28 heavy (non-hydrogen) atoms. The maximum atomic E-state index is 11.5. The van der Waals surface area contributed by atoms with E-state index in [1.165, 1.54) is 0 Å². The van der Waals surface area contributed by atoms with Crippen LogP contribution in [-0.2, 0) is 6.42 Å². The van der Waals surface area contributed by atoms with Crippen molar-refractivity contribution in [2.24, 2.45) is 5.73 Å². The SMILES string of the molecule is COc1cccnc1CCN1CCC(n2ccc3ccc(C(N)=O)cc32)CC1. The highest BCUT2D eigenvalue weighted by molar-refractivity contribution is 5.97. The average Bonchev–Trinajstić information content (AvgIpc) is 3.16. The van der Waals surface area contributed by atoms with Crippen molar-refractivity contribution >= 4 is 16.8 Å². The van der Waals surface area contributed by atoms with E-state index in [1.807, 2.05) is 30.5 Å². The number of fused-ring (bicyclic) bond motifs is 1. The molecule has 0 aliphatic carbocycles. The Morgan fingerprint density at radius 1 is 1.25 bits per heavy atom. The van der Waals surface area contributed by atoms with Gasteiger partial charge in [0.15, 0.2) is 0 Å². The molecule has 6 heteroatoms. The molecule has 1 saturated heterocycles. The number of likely N-dealkylation sites (tertiary alicyclic amines) is 1. The van der Waals surface area contributed by atoms with Crippen LogP contribution in [0, 0.1) is 0 Å². The first-order chi connectivity index (χ1) is 13.7. The first kappa shape index (κ1) is 18.5. The third-order valence-corrected chi connectivity index (χ3v) is 5.69. The van der Waals surface area contributed by atoms with Crippen LogP contribution < -0.4 is 10.5 Å². The van der Waals surface area contributed by atoms with Gasteiger partial charge in [-0.1, -0.05) is 6.07 Å². The second-order valence-electron chi connectivity index (χ2n) is 7.34. The summed E-state index contributed by atoms with van der Waals surface area (Å²) in [5.41, 5.74) is 8.12. The third kappa shape index (κ3) is 3.73. The Balaban J connectivity index is 1.40. The Morgan fingerprint density at radius 3 is 2.82 bits per heavy atom. The Hall–Kier alpha value is -2.86. The van der Waals surface area contributed by atoms with Gasteiger partial charge in [0, 0.05) is 55.6 Å². The number of benzene rings is 1. The van der Waals surface area contributed by atoms with Crippen molar-refractivity contribution in [1.29, 1.82) is 0 Å². The molecule has 0 unspecified atom stereocenters. The number of carbonyl (C=O) groups is 1. The molecule has 146 valence electrons. The number of nitrogens with zero attached hydrogens (tertiary/aromatic N) is 3. The largest absolute Gasteiger partial charge is 0.495 e. The van der Waals surface area contributed by atoms with Crippen LogP contribution in [0.4, 0.5) is 0 Å². The minimum Gasteiger partial charge on any atom is -0.495 e. The molecule has 0 saturated carbocycles. The number of rotatable bonds is 6. The molecule has 1 amide bonds. The molecule has 6 nitrogen and oxygen atoms in total. The van der Waals surface area contributed by atoms with E-state index in [1.54, 1.807) is 13.2 Å². The first-order valence-corrected chi connectivity index (χ1v) is 9.76. The molecule has 1 aliphatic heterocycles. The van der Waals surface area contributed by atoms with Crippen molar-refractivity contribution < 1.29 is 9.53 Å². The van der Waals surface area contributed by atoms with Gasteiger partial charge < -0.3 is 19.9 Å². The van der Waals surface area contributed by atoms with Crippen molar-refractivity contribution in [2.75, 3.05) is 26.7 Å². The second kappa shape index (κ2) is 8.02. The van der Waals surface area contributed by atoms with Gasteiger partial charge in [-0.05, 0) is 48.6 Å². The lowest BCUT2D eigenvalue weighted by molar-refractivity contribution is 0.100. The number of pyridine rings is 1. The third-order valence-electron chi connectivity index (χ3n) is 5.69. The second-order valence-corrected chi connectivity index (χ2v) is 7.34. The Bertz CT molecular complexity index is 974. The van der Waals surface area contributed by atoms with E-state index in [9.17, 15) is 4.79 Å². The zero-order valence-electron chi connectivity index (χ0n) is 16.2. The predicted molar refractivity (Wildman–Crippen MR) is 110 cm³/mol. The van der Waals surface area contributed by atoms with E-state index in [-0.39, 0.29) is 5.91 Å². The number of ether oxygens (including phenoxy) is 1. The molecule has 1 aliphatic rings. The molecule has 0 atom stereocenters. The highest BCUT2D eigenvalue weighted by atomic mass is 16.5. The molecular formula is C22H26N4O2. The van der Waals surface area contributed by atoms with Crippen LogP contribution in [0.1, 0.15) is 34.9 Å². The smallest absolute Gasteiger partial charge is 0.248 e. The minimum atomic E-state index is -0.380. The van der Waals surface area contributed by atoms with Crippen LogP contribution in [-0.4, -0.2) is 47.1 Å². The van der Waals surface area contributed by atoms with Gasteiger partial charge in [0.2, 0.25) is 5.91 Å². The van der Waals surface area contributed by atoms with Crippen LogP contribution in [0.25, 0.3) is 10.9 Å². The van der Waals surface area contributed by atoms with E-state index < -0.39 is 0 Å². The van der Waals surface area contributed by atoms with Gasteiger partial charge in [0.25, 0.3) is 0 Å². The van der Waals surface area contributed by atoms with E-state index in [0.29, 0.717) is 11.6 Å². The van der Waals surface area contributed by atoms with Gasteiger partial charge in [-0.3, -0.25) is 9.78 Å². The quantitative estimate of drug-likeness (QED) is 0.716. The van der Waals surface area contributed by atoms with Crippen LogP contribution >= 0.6 is 0 Å². The van der Waals surface area contributed by atoms with Crippen molar-refractivity contribution in [3.63, 3.8) is 0 Å². The number of aromatic nitrogens is 2. The number of amides is 1. The van der Waals surface area contributed by atoms with Crippen LogP contribution in [0.5, 0.6) is 5.75 Å². The van der Waals surface area contributed by atoms with Gasteiger partial charge in [-0.25, -0.2) is 0 Å². The van der Waals surface area contributed by atoms with Gasteiger partial charge in [0.1, 0.15) is 5.75 Å². The Kier molecular flexibility index (Phi) is 5.30. The fourth-order valence-corrected chi connectivity index (χ4v) is 4.10. The number of carbonyl (C=O) groups excluding carboxylic acids is 1. The zero-order valence-corrected chi connectivity index (χ0v) is 16.2. The Labute approximate surface area is 164 Å². The van der Waals surface area contributed by atoms with Crippen LogP contribution in [0.15, 0.2) is 48.8 Å². The van der Waals surface area contributed by atoms with Gasteiger partial charge in [-0.2, -0.15) is 0 Å². The number of hydrogen-bond donors (Lipinski definition) is 1. The van der Waals surface area contributed by atoms with Crippen molar-refractivity contribution in [3.05, 3.63) is 60.0 Å². The summed E-state index contributed by atoms with van der Waals surface area (Å²) in [5.74, 6) is 0.482. The summed E-state index contributed by atoms with van der Waals surface area (Å²) in [4.78, 5) is 18.5. The number of piperidine rings is 1. The maximum absolute atomic E-state index is 11.5. The Morgan fingerprint density at radius 2 is 2.07 bits per heavy atom. The van der Waals surface area contributed by atoms with Gasteiger partial charge in [0.05, 0.1) is 12.8 Å². The summed E-state index contributed by atoms with van der Waals surface area (Å²) in [6.45, 7) is 3.09. The molecule has 0 spiro atoms. The monoisotopic (exact) mass is 378 g/mol. The maximum Gasteiger partial charge on any atom is 0.248 e. The summed E-state index contributed by atoms with van der Waals surface area (Å²) in [7, 11) is 1.69. The highest BCUT2D eigenvalue weighted by Crippen LogP contribution is 2.28. The van der Waals surface area contributed by atoms with Crippen molar-refractivity contribution in [1.82, 2.24) is 14.5 Å². The van der Waals surface area contributed by atoms with E-state index in [2.05, 4.69) is 26.7 Å². The molecule has 3 aromatic rings. The normalized spacial score (nSPS) is 15.8. The number of methoxy groups -OCH3 is 1. The summed E-state index contributed by atoms with van der Waals surface area (Å²) in [6, 6.07) is 12.1. The molecule has 0 bridgehead atoms. The minimum absolute atomic E-state index is 0.380. The molecule has 1 aromatic carbocycles. The van der Waals surface area contributed by atoms with Crippen molar-refractivity contribution in [3.8, 4) is 5.75 Å². The van der Waals surface area contributed by atoms with Gasteiger partial charge in [-0.15, -0.1) is 0 Å². The van der Waals surface area contributed by atoms with E-state index in [4.69, 9.17) is 10.5 Å². The summed E-state index contributed by atoms with van der Waals surface area (Å²) in [6.07, 6.45) is 7.02. The molecule has 2 aromatic heterocycles. The fourth-order valence-electron chi connectivity index (χ4n) is 4.10. The zero-order chi connectivity index (χ0) is 19.5. The number of primary amides is 1. The lowest BCUT2D eigenvalue weighted by Gasteiger charge is -2.33. The molecule has 0 radical (unpaired) electrons. The van der Waals surface area contributed by atoms with E-state index in [0.717, 1.165) is 61.2 Å². The number of nitrogens with two attached hydrogens (primary N) is 1. The van der Waals surface area contributed by atoms with Crippen LogP contribution in [0.3, 0.4) is 0 Å². The topological polar surface area (TPSA) is 73.4 Å².